The Bertz CT molecular complexity index is 1190. The summed E-state index contributed by atoms with van der Waals surface area (Å²) in [6.45, 7) is 3.52. The molecule has 0 unspecified atom stereocenters. The van der Waals surface area contributed by atoms with Gasteiger partial charge in [0, 0.05) is 13.1 Å². The van der Waals surface area contributed by atoms with Crippen molar-refractivity contribution < 1.29 is 22.7 Å². The minimum Gasteiger partial charge on any atom is -0.495 e. The number of halogens is 3. The van der Waals surface area contributed by atoms with E-state index in [-0.39, 0.29) is 23.2 Å². The Morgan fingerprint density at radius 1 is 1.06 bits per heavy atom. The number of amides is 2. The molecule has 0 aliphatic heterocycles. The van der Waals surface area contributed by atoms with Gasteiger partial charge in [0.2, 0.25) is 21.8 Å². The summed E-state index contributed by atoms with van der Waals surface area (Å²) < 4.78 is 31.3. The van der Waals surface area contributed by atoms with Crippen LogP contribution in [0.1, 0.15) is 32.3 Å². The van der Waals surface area contributed by atoms with Crippen LogP contribution in [-0.4, -0.2) is 57.6 Å². The van der Waals surface area contributed by atoms with Crippen LogP contribution >= 0.6 is 34.8 Å². The van der Waals surface area contributed by atoms with Crippen LogP contribution in [0.25, 0.3) is 0 Å². The van der Waals surface area contributed by atoms with E-state index in [1.165, 1.54) is 30.2 Å². The van der Waals surface area contributed by atoms with Crippen molar-refractivity contribution in [2.45, 2.75) is 39.3 Å². The van der Waals surface area contributed by atoms with Crippen molar-refractivity contribution in [1.29, 1.82) is 0 Å². The molecule has 0 spiro atoms. The van der Waals surface area contributed by atoms with Crippen LogP contribution in [-0.2, 0) is 26.2 Å². The fourth-order valence-corrected chi connectivity index (χ4v) is 4.79. The van der Waals surface area contributed by atoms with Crippen molar-refractivity contribution in [3.63, 3.8) is 0 Å². The third-order valence-electron chi connectivity index (χ3n) is 5.44. The summed E-state index contributed by atoms with van der Waals surface area (Å²) in [5.41, 5.74) is 0.815. The number of sulfonamides is 1. The predicted molar refractivity (Wildman–Crippen MR) is 145 cm³/mol. The molecule has 0 radical (unpaired) electrons. The summed E-state index contributed by atoms with van der Waals surface area (Å²) in [5, 5.41) is 3.65. The molecule has 36 heavy (non-hydrogen) atoms. The average Bonchev–Trinajstić information content (AvgIpc) is 2.81. The number of carbonyl (C=O) groups excluding carboxylic acids is 2. The largest absolute Gasteiger partial charge is 0.495 e. The summed E-state index contributed by atoms with van der Waals surface area (Å²) in [5.74, 6) is -0.578. The normalized spacial score (nSPS) is 12.1. The van der Waals surface area contributed by atoms with Gasteiger partial charge in [0.15, 0.2) is 0 Å². The molecule has 0 aromatic heterocycles. The lowest BCUT2D eigenvalue weighted by molar-refractivity contribution is -0.139. The highest BCUT2D eigenvalue weighted by molar-refractivity contribution is 7.92. The second-order valence-electron chi connectivity index (χ2n) is 8.18. The van der Waals surface area contributed by atoms with Crippen molar-refractivity contribution >= 4 is 62.3 Å². The zero-order valence-electron chi connectivity index (χ0n) is 20.6. The molecular weight excluding hydrogens is 549 g/mol. The third kappa shape index (κ3) is 8.16. The molecule has 1 N–H and O–H groups in total. The van der Waals surface area contributed by atoms with Crippen molar-refractivity contribution in [2.24, 2.45) is 0 Å². The first-order chi connectivity index (χ1) is 16.9. The topological polar surface area (TPSA) is 96.0 Å². The maximum Gasteiger partial charge on any atom is 0.244 e. The number of hydrogen-bond donors (Lipinski definition) is 1. The van der Waals surface area contributed by atoms with E-state index in [9.17, 15) is 18.0 Å². The van der Waals surface area contributed by atoms with Gasteiger partial charge in [0.05, 0.1) is 34.1 Å². The summed E-state index contributed by atoms with van der Waals surface area (Å²) in [4.78, 5) is 27.7. The first-order valence-corrected chi connectivity index (χ1v) is 14.2. The van der Waals surface area contributed by atoms with Gasteiger partial charge in [0.1, 0.15) is 18.3 Å². The average molecular weight is 579 g/mol. The van der Waals surface area contributed by atoms with Crippen molar-refractivity contribution in [2.75, 3.05) is 30.8 Å². The van der Waals surface area contributed by atoms with Crippen LogP contribution < -0.4 is 14.4 Å². The summed E-state index contributed by atoms with van der Waals surface area (Å²) in [6.07, 6.45) is 2.68. The molecule has 2 amide bonds. The molecule has 8 nitrogen and oxygen atoms in total. The van der Waals surface area contributed by atoms with Gasteiger partial charge in [-0.15, -0.1) is 0 Å². The smallest absolute Gasteiger partial charge is 0.244 e. The molecule has 1 atom stereocenters. The molecule has 2 aromatic carbocycles. The molecule has 0 aliphatic carbocycles. The van der Waals surface area contributed by atoms with Crippen LogP contribution in [0, 0.1) is 0 Å². The standard InChI is InChI=1S/C24H30Cl3N3O5S/c1-5-6-11-28-24(32)16(2)29(14-17-7-9-19(25)20(26)12-17)23(31)15-30(36(4,33)34)18-8-10-22(35-3)21(27)13-18/h7-10,12-13,16H,5-6,11,14-15H2,1-4H3,(H,28,32)/t16-/m0/s1. The molecule has 2 aromatic rings. The summed E-state index contributed by atoms with van der Waals surface area (Å²) >= 11 is 18.3. The number of rotatable bonds is 12. The Morgan fingerprint density at radius 3 is 2.31 bits per heavy atom. The maximum atomic E-state index is 13.5. The minimum absolute atomic E-state index is 0.0130. The van der Waals surface area contributed by atoms with Gasteiger partial charge in [-0.25, -0.2) is 8.42 Å². The molecule has 0 saturated carbocycles. The Hall–Kier alpha value is -2.20. The Balaban J connectivity index is 2.40. The number of nitrogens with zero attached hydrogens (tertiary/aromatic N) is 2. The van der Waals surface area contributed by atoms with E-state index < -0.39 is 28.5 Å². The third-order valence-corrected chi connectivity index (χ3v) is 7.61. The van der Waals surface area contributed by atoms with Gasteiger partial charge in [-0.1, -0.05) is 54.2 Å². The van der Waals surface area contributed by atoms with E-state index in [1.807, 2.05) is 6.92 Å². The molecular formula is C24H30Cl3N3O5S. The van der Waals surface area contributed by atoms with E-state index in [2.05, 4.69) is 5.32 Å². The van der Waals surface area contributed by atoms with Gasteiger partial charge < -0.3 is 15.0 Å². The lowest BCUT2D eigenvalue weighted by Crippen LogP contribution is -2.51. The number of carbonyl (C=O) groups is 2. The highest BCUT2D eigenvalue weighted by Crippen LogP contribution is 2.30. The first kappa shape index (κ1) is 30.0. The number of ether oxygens (including phenoxy) is 1. The Labute approximate surface area is 227 Å². The fourth-order valence-electron chi connectivity index (χ4n) is 3.38. The van der Waals surface area contributed by atoms with Crippen LogP contribution in [0.2, 0.25) is 15.1 Å². The highest BCUT2D eigenvalue weighted by atomic mass is 35.5. The number of benzene rings is 2. The van der Waals surface area contributed by atoms with E-state index >= 15 is 0 Å². The summed E-state index contributed by atoms with van der Waals surface area (Å²) in [7, 11) is -2.45. The monoisotopic (exact) mass is 577 g/mol. The van der Waals surface area contributed by atoms with E-state index in [0.717, 1.165) is 23.4 Å². The predicted octanol–water partition coefficient (Wildman–Crippen LogP) is 4.76. The minimum atomic E-state index is -3.88. The molecule has 0 fully saturated rings. The lowest BCUT2D eigenvalue weighted by atomic mass is 10.1. The Kier molecular flexibility index (Phi) is 11.2. The number of nitrogens with one attached hydrogen (secondary N) is 1. The highest BCUT2D eigenvalue weighted by Gasteiger charge is 2.30. The van der Waals surface area contributed by atoms with E-state index in [4.69, 9.17) is 39.5 Å². The van der Waals surface area contributed by atoms with Gasteiger partial charge in [-0.05, 0) is 49.2 Å². The van der Waals surface area contributed by atoms with Gasteiger partial charge >= 0.3 is 0 Å². The first-order valence-electron chi connectivity index (χ1n) is 11.2. The van der Waals surface area contributed by atoms with Crippen LogP contribution in [0.4, 0.5) is 5.69 Å². The number of hydrogen-bond acceptors (Lipinski definition) is 5. The van der Waals surface area contributed by atoms with Crippen molar-refractivity contribution in [3.05, 3.63) is 57.0 Å². The molecule has 0 saturated heterocycles. The zero-order valence-corrected chi connectivity index (χ0v) is 23.6. The SMILES string of the molecule is CCCCNC(=O)[C@H](C)N(Cc1ccc(Cl)c(Cl)c1)C(=O)CN(c1ccc(OC)c(Cl)c1)S(C)(=O)=O. The van der Waals surface area contributed by atoms with Gasteiger partial charge in [-0.3, -0.25) is 13.9 Å². The molecule has 0 aliphatic rings. The molecule has 2 rings (SSSR count). The fraction of sp³-hybridized carbons (Fsp3) is 0.417. The molecule has 12 heteroatoms. The van der Waals surface area contributed by atoms with Gasteiger partial charge in [-0.2, -0.15) is 0 Å². The van der Waals surface area contributed by atoms with E-state index in [0.29, 0.717) is 27.9 Å². The lowest BCUT2D eigenvalue weighted by Gasteiger charge is -2.31. The maximum absolute atomic E-state index is 13.5. The second-order valence-corrected chi connectivity index (χ2v) is 11.3. The molecule has 0 bridgehead atoms. The number of unbranched alkanes of at least 4 members (excludes halogenated alkanes) is 1. The summed E-state index contributed by atoms with van der Waals surface area (Å²) in [6, 6.07) is 8.40. The van der Waals surface area contributed by atoms with Gasteiger partial charge in [0.25, 0.3) is 0 Å². The zero-order chi connectivity index (χ0) is 27.0. The molecule has 198 valence electrons. The van der Waals surface area contributed by atoms with Crippen LogP contribution in [0.3, 0.4) is 0 Å². The van der Waals surface area contributed by atoms with E-state index in [1.54, 1.807) is 25.1 Å². The second kappa shape index (κ2) is 13.4. The number of methoxy groups -OCH3 is 1. The van der Waals surface area contributed by atoms with Crippen LogP contribution in [0.15, 0.2) is 36.4 Å². The van der Waals surface area contributed by atoms with Crippen molar-refractivity contribution in [3.8, 4) is 5.75 Å². The Morgan fingerprint density at radius 2 is 1.75 bits per heavy atom. The van der Waals surface area contributed by atoms with Crippen molar-refractivity contribution in [1.82, 2.24) is 10.2 Å². The quantitative estimate of drug-likeness (QED) is 0.367. The molecule has 0 heterocycles. The van der Waals surface area contributed by atoms with Crippen LogP contribution in [0.5, 0.6) is 5.75 Å². The number of anilines is 1.